The van der Waals surface area contributed by atoms with Crippen molar-refractivity contribution in [2.45, 2.75) is 17.7 Å². The lowest BCUT2D eigenvalue weighted by molar-refractivity contribution is -0.159. The molecule has 0 saturated heterocycles. The number of carbonyl (C=O) groups is 1. The number of carbonyl (C=O) groups excluding carboxylic acids is 1. The standard InChI is InChI=1S/C20H19ClN2O5S/c1-23(25)19(24)11-10-17-20(13-6-8-14(21)9-7-13)16(12-28-17)15-4-2-3-5-18(15)29(22,26)27/h2-9,12,25H,10-11H2,1H3,(H2,22,26,27). The number of nitrogens with zero attached hydrogens (tertiary/aromatic N) is 1. The molecule has 0 spiro atoms. The summed E-state index contributed by atoms with van der Waals surface area (Å²) in [4.78, 5) is 11.8. The van der Waals surface area contributed by atoms with Crippen molar-refractivity contribution >= 4 is 27.5 Å². The van der Waals surface area contributed by atoms with Crippen molar-refractivity contribution in [3.63, 3.8) is 0 Å². The Hall–Kier alpha value is -2.65. The number of furan rings is 1. The van der Waals surface area contributed by atoms with Crippen LogP contribution in [0.5, 0.6) is 0 Å². The number of amides is 1. The molecule has 152 valence electrons. The van der Waals surface area contributed by atoms with Crippen molar-refractivity contribution in [2.75, 3.05) is 7.05 Å². The highest BCUT2D eigenvalue weighted by Crippen LogP contribution is 2.40. The van der Waals surface area contributed by atoms with Gasteiger partial charge in [-0.3, -0.25) is 10.0 Å². The molecule has 29 heavy (non-hydrogen) atoms. The molecule has 3 rings (SSSR count). The Bertz CT molecular complexity index is 1140. The van der Waals surface area contributed by atoms with E-state index in [1.54, 1.807) is 42.5 Å². The molecule has 0 radical (unpaired) electrons. The Kier molecular flexibility index (Phi) is 6.09. The van der Waals surface area contributed by atoms with Gasteiger partial charge in [-0.05, 0) is 23.8 Å². The quantitative estimate of drug-likeness (QED) is 0.453. The van der Waals surface area contributed by atoms with Gasteiger partial charge in [-0.1, -0.05) is 41.9 Å². The van der Waals surface area contributed by atoms with E-state index < -0.39 is 15.9 Å². The Morgan fingerprint density at radius 1 is 1.14 bits per heavy atom. The van der Waals surface area contributed by atoms with Gasteiger partial charge in [-0.2, -0.15) is 0 Å². The number of hydrogen-bond acceptors (Lipinski definition) is 5. The van der Waals surface area contributed by atoms with Crippen LogP contribution in [0.15, 0.2) is 64.1 Å². The predicted octanol–water partition coefficient (Wildman–Crippen LogP) is 3.69. The summed E-state index contributed by atoms with van der Waals surface area (Å²) in [5.74, 6) is -0.00307. The van der Waals surface area contributed by atoms with E-state index in [1.165, 1.54) is 19.4 Å². The minimum atomic E-state index is -3.97. The number of rotatable bonds is 6. The van der Waals surface area contributed by atoms with E-state index in [0.29, 0.717) is 32.5 Å². The predicted molar refractivity (Wildman–Crippen MR) is 109 cm³/mol. The number of benzene rings is 2. The highest BCUT2D eigenvalue weighted by atomic mass is 35.5. The molecule has 0 saturated carbocycles. The highest BCUT2D eigenvalue weighted by Gasteiger charge is 2.23. The molecule has 0 aliphatic heterocycles. The number of aryl methyl sites for hydroxylation is 1. The lowest BCUT2D eigenvalue weighted by Crippen LogP contribution is -2.22. The second-order valence-electron chi connectivity index (χ2n) is 6.41. The molecule has 0 aliphatic rings. The van der Waals surface area contributed by atoms with Crippen molar-refractivity contribution in [1.29, 1.82) is 0 Å². The molecular weight excluding hydrogens is 416 g/mol. The van der Waals surface area contributed by atoms with Crippen LogP contribution in [0.2, 0.25) is 5.02 Å². The van der Waals surface area contributed by atoms with Crippen LogP contribution in [0, 0.1) is 0 Å². The minimum absolute atomic E-state index is 0.0113. The van der Waals surface area contributed by atoms with Gasteiger partial charge in [0.15, 0.2) is 0 Å². The Morgan fingerprint density at radius 3 is 2.41 bits per heavy atom. The first kappa shape index (κ1) is 21.1. The summed E-state index contributed by atoms with van der Waals surface area (Å²) in [7, 11) is -2.72. The van der Waals surface area contributed by atoms with E-state index in [0.717, 1.165) is 5.56 Å². The van der Waals surface area contributed by atoms with Gasteiger partial charge in [0.2, 0.25) is 15.9 Å². The maximum atomic E-state index is 12.1. The van der Waals surface area contributed by atoms with Crippen molar-refractivity contribution < 1.29 is 22.8 Å². The van der Waals surface area contributed by atoms with Gasteiger partial charge in [0.05, 0.1) is 11.2 Å². The third kappa shape index (κ3) is 4.68. The molecule has 1 amide bonds. The van der Waals surface area contributed by atoms with Gasteiger partial charge >= 0.3 is 0 Å². The van der Waals surface area contributed by atoms with Crippen molar-refractivity contribution in [3.05, 3.63) is 65.6 Å². The minimum Gasteiger partial charge on any atom is -0.468 e. The summed E-state index contributed by atoms with van der Waals surface area (Å²) >= 11 is 6.00. The molecule has 0 aliphatic carbocycles. The Balaban J connectivity index is 2.16. The van der Waals surface area contributed by atoms with Gasteiger partial charge in [0, 0.05) is 41.6 Å². The van der Waals surface area contributed by atoms with Crippen LogP contribution < -0.4 is 5.14 Å². The van der Waals surface area contributed by atoms with E-state index in [4.69, 9.17) is 21.2 Å². The van der Waals surface area contributed by atoms with Crippen molar-refractivity contribution in [3.8, 4) is 22.3 Å². The normalized spacial score (nSPS) is 11.4. The van der Waals surface area contributed by atoms with Gasteiger partial charge < -0.3 is 4.42 Å². The van der Waals surface area contributed by atoms with E-state index >= 15 is 0 Å². The van der Waals surface area contributed by atoms with E-state index in [9.17, 15) is 18.4 Å². The van der Waals surface area contributed by atoms with Gasteiger partial charge in [0.25, 0.3) is 0 Å². The van der Waals surface area contributed by atoms with Gasteiger partial charge in [0.1, 0.15) is 5.76 Å². The zero-order valence-electron chi connectivity index (χ0n) is 15.5. The molecule has 2 aromatic carbocycles. The number of sulfonamides is 1. The number of nitrogens with two attached hydrogens (primary N) is 1. The molecule has 1 heterocycles. The zero-order valence-corrected chi connectivity index (χ0v) is 17.1. The summed E-state index contributed by atoms with van der Waals surface area (Å²) in [5, 5.41) is 15.7. The average molecular weight is 435 g/mol. The largest absolute Gasteiger partial charge is 0.468 e. The summed E-state index contributed by atoms with van der Waals surface area (Å²) in [6, 6.07) is 13.3. The SMILES string of the molecule is CN(O)C(=O)CCc1occ(-c2ccccc2S(N)(=O)=O)c1-c1ccc(Cl)cc1. The maximum absolute atomic E-state index is 12.1. The maximum Gasteiger partial charge on any atom is 0.246 e. The molecule has 0 fully saturated rings. The lowest BCUT2D eigenvalue weighted by Gasteiger charge is -2.11. The smallest absolute Gasteiger partial charge is 0.246 e. The van der Waals surface area contributed by atoms with Gasteiger partial charge in [-0.25, -0.2) is 18.6 Å². The molecule has 3 N–H and O–H groups in total. The molecule has 0 atom stereocenters. The summed E-state index contributed by atoms with van der Waals surface area (Å²) in [5.41, 5.74) is 2.28. The van der Waals surface area contributed by atoms with E-state index in [-0.39, 0.29) is 17.7 Å². The van der Waals surface area contributed by atoms with Crippen LogP contribution in [-0.2, 0) is 21.2 Å². The average Bonchev–Trinajstić information content (AvgIpc) is 3.09. The lowest BCUT2D eigenvalue weighted by atomic mass is 9.95. The molecule has 0 unspecified atom stereocenters. The third-order valence-corrected chi connectivity index (χ3v) is 5.63. The first-order chi connectivity index (χ1) is 13.7. The summed E-state index contributed by atoms with van der Waals surface area (Å²) < 4.78 is 29.8. The monoisotopic (exact) mass is 434 g/mol. The second kappa shape index (κ2) is 8.38. The fourth-order valence-electron chi connectivity index (χ4n) is 3.03. The van der Waals surface area contributed by atoms with Crippen LogP contribution in [0.3, 0.4) is 0 Å². The van der Waals surface area contributed by atoms with Crippen LogP contribution in [-0.4, -0.2) is 31.6 Å². The van der Waals surface area contributed by atoms with Crippen molar-refractivity contribution in [1.82, 2.24) is 5.06 Å². The van der Waals surface area contributed by atoms with E-state index in [1.807, 2.05) is 0 Å². The zero-order chi connectivity index (χ0) is 21.2. The van der Waals surface area contributed by atoms with Crippen LogP contribution in [0.1, 0.15) is 12.2 Å². The fourth-order valence-corrected chi connectivity index (χ4v) is 3.91. The number of primary sulfonamides is 1. The van der Waals surface area contributed by atoms with Crippen LogP contribution in [0.4, 0.5) is 0 Å². The summed E-state index contributed by atoms with van der Waals surface area (Å²) in [6.07, 6.45) is 1.66. The Morgan fingerprint density at radius 2 is 1.79 bits per heavy atom. The molecule has 3 aromatic rings. The molecular formula is C20H19ClN2O5S. The Labute approximate surface area is 173 Å². The molecule has 1 aromatic heterocycles. The van der Waals surface area contributed by atoms with E-state index in [2.05, 4.69) is 0 Å². The number of halogens is 1. The molecule has 9 heteroatoms. The second-order valence-corrected chi connectivity index (χ2v) is 8.38. The molecule has 7 nitrogen and oxygen atoms in total. The van der Waals surface area contributed by atoms with Crippen LogP contribution in [0.25, 0.3) is 22.3 Å². The first-order valence-electron chi connectivity index (χ1n) is 8.62. The van der Waals surface area contributed by atoms with Crippen molar-refractivity contribution in [2.24, 2.45) is 5.14 Å². The van der Waals surface area contributed by atoms with Gasteiger partial charge in [-0.15, -0.1) is 0 Å². The molecule has 0 bridgehead atoms. The third-order valence-electron chi connectivity index (χ3n) is 4.41. The number of hydroxylamine groups is 2. The highest BCUT2D eigenvalue weighted by molar-refractivity contribution is 7.89. The summed E-state index contributed by atoms with van der Waals surface area (Å²) in [6.45, 7) is 0. The first-order valence-corrected chi connectivity index (χ1v) is 10.5. The van der Waals surface area contributed by atoms with Crippen LogP contribution >= 0.6 is 11.6 Å². The topological polar surface area (TPSA) is 114 Å². The number of hydrogen-bond donors (Lipinski definition) is 2. The fraction of sp³-hybridized carbons (Fsp3) is 0.150.